The number of carboxylic acid groups (broad SMARTS) is 1. The van der Waals surface area contributed by atoms with Crippen molar-refractivity contribution in [3.8, 4) is 0 Å². The molecule has 0 aliphatic carbocycles. The number of hydrogen-bond donors (Lipinski definition) is 1. The van der Waals surface area contributed by atoms with Crippen LogP contribution in [-0.4, -0.2) is 65.5 Å². The normalized spacial score (nSPS) is 21.5. The van der Waals surface area contributed by atoms with Gasteiger partial charge in [0.15, 0.2) is 0 Å². The van der Waals surface area contributed by atoms with Crippen LogP contribution >= 0.6 is 0 Å². The maximum absolute atomic E-state index is 12.8. The smallest absolute Gasteiger partial charge is 0.475 e. The van der Waals surface area contributed by atoms with Crippen LogP contribution < -0.4 is 0 Å². The summed E-state index contributed by atoms with van der Waals surface area (Å²) in [7, 11) is 0. The Hall–Kier alpha value is -2.98. The molecule has 3 heterocycles. The Balaban J connectivity index is 0.000000406. The molecule has 0 saturated carbocycles. The summed E-state index contributed by atoms with van der Waals surface area (Å²) in [6.07, 6.45) is -2.17. The molecule has 1 aromatic carbocycles. The lowest BCUT2D eigenvalue weighted by molar-refractivity contribution is -0.192. The molecule has 0 spiro atoms. The van der Waals surface area contributed by atoms with E-state index in [1.54, 1.807) is 6.20 Å². The molecule has 2 saturated heterocycles. The number of aromatic nitrogens is 1. The SMILES string of the molecule is Cc1ccc(C(=O)N2C[C@H]3[C@@H](CCOCc4ccccn4)CO[C@H]3C2)cc1.O=C(O)C(F)(F)F. The number of alkyl halides is 3. The van der Waals surface area contributed by atoms with Crippen molar-refractivity contribution in [2.24, 2.45) is 11.8 Å². The van der Waals surface area contributed by atoms with Crippen molar-refractivity contribution < 1.29 is 37.3 Å². The molecule has 4 rings (SSSR count). The van der Waals surface area contributed by atoms with Gasteiger partial charge in [-0.1, -0.05) is 23.8 Å². The number of aliphatic carboxylic acids is 1. The van der Waals surface area contributed by atoms with Gasteiger partial charge in [0.25, 0.3) is 5.91 Å². The Morgan fingerprint density at radius 2 is 1.88 bits per heavy atom. The lowest BCUT2D eigenvalue weighted by atomic mass is 9.91. The van der Waals surface area contributed by atoms with Crippen molar-refractivity contribution in [2.45, 2.75) is 32.2 Å². The van der Waals surface area contributed by atoms with E-state index in [9.17, 15) is 18.0 Å². The molecule has 1 N–H and O–H groups in total. The minimum Gasteiger partial charge on any atom is -0.475 e. The number of likely N-dealkylation sites (tertiary alicyclic amines) is 1. The Bertz CT molecular complexity index is 953. The van der Waals surface area contributed by atoms with Crippen molar-refractivity contribution >= 4 is 11.9 Å². The molecule has 2 aliphatic rings. The summed E-state index contributed by atoms with van der Waals surface area (Å²) in [6, 6.07) is 13.7. The van der Waals surface area contributed by atoms with Gasteiger partial charge < -0.3 is 19.5 Å². The monoisotopic (exact) mass is 480 g/mol. The zero-order valence-corrected chi connectivity index (χ0v) is 18.7. The fraction of sp³-hybridized carbons (Fsp3) is 0.458. The number of ether oxygens (including phenoxy) is 2. The molecule has 0 bridgehead atoms. The number of benzene rings is 1. The van der Waals surface area contributed by atoms with Crippen LogP contribution in [0.25, 0.3) is 0 Å². The molecule has 0 radical (unpaired) electrons. The van der Waals surface area contributed by atoms with Gasteiger partial charge in [-0.3, -0.25) is 9.78 Å². The third-order valence-corrected chi connectivity index (χ3v) is 5.88. The molecule has 10 heteroatoms. The number of carboxylic acids is 1. The fourth-order valence-corrected chi connectivity index (χ4v) is 4.04. The minimum atomic E-state index is -5.08. The predicted molar refractivity (Wildman–Crippen MR) is 116 cm³/mol. The van der Waals surface area contributed by atoms with Crippen LogP contribution in [0, 0.1) is 18.8 Å². The van der Waals surface area contributed by atoms with E-state index < -0.39 is 12.1 Å². The number of pyridine rings is 1. The fourth-order valence-electron chi connectivity index (χ4n) is 4.04. The number of hydrogen-bond acceptors (Lipinski definition) is 5. The van der Waals surface area contributed by atoms with Gasteiger partial charge in [-0.2, -0.15) is 13.2 Å². The van der Waals surface area contributed by atoms with Crippen LogP contribution in [0.2, 0.25) is 0 Å². The van der Waals surface area contributed by atoms with Crippen LogP contribution in [-0.2, 0) is 20.9 Å². The molecule has 1 amide bonds. The first-order valence-corrected chi connectivity index (χ1v) is 10.9. The van der Waals surface area contributed by atoms with Crippen molar-refractivity contribution in [3.63, 3.8) is 0 Å². The highest BCUT2D eigenvalue weighted by Gasteiger charge is 2.45. The third kappa shape index (κ3) is 7.01. The second-order valence-corrected chi connectivity index (χ2v) is 8.34. The van der Waals surface area contributed by atoms with E-state index in [1.165, 1.54) is 5.56 Å². The summed E-state index contributed by atoms with van der Waals surface area (Å²) in [5.74, 6) is -1.78. The van der Waals surface area contributed by atoms with E-state index >= 15 is 0 Å². The van der Waals surface area contributed by atoms with Crippen LogP contribution in [0.5, 0.6) is 0 Å². The minimum absolute atomic E-state index is 0.109. The quantitative estimate of drug-likeness (QED) is 0.634. The van der Waals surface area contributed by atoms with Gasteiger partial charge in [0.1, 0.15) is 0 Å². The Morgan fingerprint density at radius 1 is 1.18 bits per heavy atom. The number of aryl methyl sites for hydroxylation is 1. The molecule has 2 fully saturated rings. The number of carbonyl (C=O) groups is 2. The topological polar surface area (TPSA) is 89.0 Å². The standard InChI is InChI=1S/C22H26N2O3.C2HF3O2/c1-16-5-7-17(8-6-16)22(25)24-12-20-18(14-27-21(20)13-24)9-11-26-15-19-4-2-3-10-23-19;3-2(4,5)1(6)7/h2-8,10,18,20-21H,9,11-15H2,1H3;(H,6,7)/t18-,20-,21-;/m0./s1. The first-order valence-electron chi connectivity index (χ1n) is 10.9. The number of nitrogens with zero attached hydrogens (tertiary/aromatic N) is 2. The molecular formula is C24H27F3N2O5. The molecule has 7 nitrogen and oxygen atoms in total. The van der Waals surface area contributed by atoms with E-state index in [0.717, 1.165) is 30.8 Å². The van der Waals surface area contributed by atoms with Gasteiger partial charge in [0.05, 0.1) is 25.0 Å². The van der Waals surface area contributed by atoms with E-state index in [-0.39, 0.29) is 12.0 Å². The first-order chi connectivity index (χ1) is 16.1. The zero-order chi connectivity index (χ0) is 24.7. The number of rotatable bonds is 6. The summed E-state index contributed by atoms with van der Waals surface area (Å²) in [6.45, 7) is 5.52. The number of amides is 1. The summed E-state index contributed by atoms with van der Waals surface area (Å²) >= 11 is 0. The van der Waals surface area contributed by atoms with Gasteiger partial charge in [-0.05, 0) is 43.5 Å². The van der Waals surface area contributed by atoms with Gasteiger partial charge in [-0.25, -0.2) is 4.79 Å². The molecule has 1 aromatic heterocycles. The van der Waals surface area contributed by atoms with E-state index in [2.05, 4.69) is 4.98 Å². The first kappa shape index (κ1) is 25.6. The Morgan fingerprint density at radius 3 is 2.50 bits per heavy atom. The lowest BCUT2D eigenvalue weighted by Gasteiger charge is -2.20. The van der Waals surface area contributed by atoms with Crippen LogP contribution in [0.3, 0.4) is 0 Å². The molecular weight excluding hydrogens is 453 g/mol. The maximum Gasteiger partial charge on any atom is 0.490 e. The molecule has 34 heavy (non-hydrogen) atoms. The van der Waals surface area contributed by atoms with E-state index in [4.69, 9.17) is 19.4 Å². The second-order valence-electron chi connectivity index (χ2n) is 8.34. The summed E-state index contributed by atoms with van der Waals surface area (Å²) in [4.78, 5) is 27.9. The van der Waals surface area contributed by atoms with Crippen molar-refractivity contribution in [1.82, 2.24) is 9.88 Å². The summed E-state index contributed by atoms with van der Waals surface area (Å²) < 4.78 is 43.5. The Labute approximate surface area is 195 Å². The van der Waals surface area contributed by atoms with Crippen LogP contribution in [0.15, 0.2) is 48.7 Å². The number of carbonyl (C=O) groups excluding carboxylic acids is 1. The van der Waals surface area contributed by atoms with E-state index in [1.807, 2.05) is 54.3 Å². The van der Waals surface area contributed by atoms with Crippen molar-refractivity contribution in [2.75, 3.05) is 26.3 Å². The van der Waals surface area contributed by atoms with Crippen LogP contribution in [0.1, 0.15) is 28.0 Å². The third-order valence-electron chi connectivity index (χ3n) is 5.88. The van der Waals surface area contributed by atoms with E-state index in [0.29, 0.717) is 31.6 Å². The van der Waals surface area contributed by atoms with Crippen LogP contribution in [0.4, 0.5) is 13.2 Å². The average molecular weight is 480 g/mol. The van der Waals surface area contributed by atoms with Crippen molar-refractivity contribution in [3.05, 3.63) is 65.5 Å². The highest BCUT2D eigenvalue weighted by molar-refractivity contribution is 5.94. The van der Waals surface area contributed by atoms with Crippen molar-refractivity contribution in [1.29, 1.82) is 0 Å². The molecule has 0 unspecified atom stereocenters. The summed E-state index contributed by atoms with van der Waals surface area (Å²) in [5, 5.41) is 7.12. The lowest BCUT2D eigenvalue weighted by Crippen LogP contribution is -2.31. The highest BCUT2D eigenvalue weighted by Crippen LogP contribution is 2.36. The van der Waals surface area contributed by atoms with Gasteiger partial charge in [0.2, 0.25) is 0 Å². The number of fused-ring (bicyclic) bond motifs is 1. The van der Waals surface area contributed by atoms with Gasteiger partial charge >= 0.3 is 12.1 Å². The maximum atomic E-state index is 12.8. The Kier molecular flexibility index (Phi) is 8.62. The average Bonchev–Trinajstić information content (AvgIpc) is 3.39. The highest BCUT2D eigenvalue weighted by atomic mass is 19.4. The predicted octanol–water partition coefficient (Wildman–Crippen LogP) is 3.72. The van der Waals surface area contributed by atoms with Gasteiger partial charge in [0, 0.05) is 37.4 Å². The molecule has 2 aromatic rings. The molecule has 2 aliphatic heterocycles. The molecule has 184 valence electrons. The van der Waals surface area contributed by atoms with Gasteiger partial charge in [-0.15, -0.1) is 0 Å². The number of halogens is 3. The molecule has 3 atom stereocenters. The second kappa shape index (κ2) is 11.4. The zero-order valence-electron chi connectivity index (χ0n) is 18.7. The largest absolute Gasteiger partial charge is 0.490 e. The summed E-state index contributed by atoms with van der Waals surface area (Å²) in [5.41, 5.74) is 2.88.